The van der Waals surface area contributed by atoms with Crippen LogP contribution < -0.4 is 15.3 Å². The predicted molar refractivity (Wildman–Crippen MR) is 77.3 cm³/mol. The Kier molecular flexibility index (Phi) is 5.25. The highest BCUT2D eigenvalue weighted by atomic mass is 31.1. The molecule has 0 N–H and O–H groups in total. The van der Waals surface area contributed by atoms with Crippen LogP contribution in [0, 0.1) is 0 Å². The topological polar surface area (TPSA) is 9.23 Å². The first-order chi connectivity index (χ1) is 7.83. The van der Waals surface area contributed by atoms with E-state index in [1.807, 2.05) is 12.1 Å². The van der Waals surface area contributed by atoms with Gasteiger partial charge in [-0.2, -0.15) is 0 Å². The summed E-state index contributed by atoms with van der Waals surface area (Å²) in [5.74, 6) is 0.986. The molecule has 17 heavy (non-hydrogen) atoms. The highest BCUT2D eigenvalue weighted by molar-refractivity contribution is 7.72. The van der Waals surface area contributed by atoms with Crippen molar-refractivity contribution in [2.24, 2.45) is 0 Å². The minimum atomic E-state index is -0.322. The lowest BCUT2D eigenvalue weighted by atomic mass is 10.3. The molecule has 3 heteroatoms. The first-order valence-corrected chi connectivity index (χ1v) is 7.03. The van der Waals surface area contributed by atoms with Gasteiger partial charge in [0.05, 0.1) is 7.11 Å². The third kappa shape index (κ3) is 3.11. The Bertz CT molecular complexity index is 459. The van der Waals surface area contributed by atoms with Gasteiger partial charge < -0.3 is 4.74 Å². The Morgan fingerprint density at radius 3 is 2.12 bits per heavy atom. The number of benzene rings is 2. The summed E-state index contributed by atoms with van der Waals surface area (Å²) < 4.78 is 5.40. The van der Waals surface area contributed by atoms with E-state index < -0.39 is 0 Å². The monoisotopic (exact) mass is 241 g/mol. The summed E-state index contributed by atoms with van der Waals surface area (Å²) in [7, 11) is 1.41. The van der Waals surface area contributed by atoms with Crippen molar-refractivity contribution >= 4 is 26.9 Å². The van der Waals surface area contributed by atoms with Crippen molar-refractivity contribution in [1.29, 1.82) is 0 Å². The molecule has 0 fully saturated rings. The fourth-order valence-corrected chi connectivity index (χ4v) is 3.40. The summed E-state index contributed by atoms with van der Waals surface area (Å²) in [5.41, 5.74) is 0. The number of methoxy groups -OCH3 is 1. The lowest BCUT2D eigenvalue weighted by Crippen LogP contribution is -2.12. The Hall–Kier alpha value is -1.27. The summed E-state index contributed by atoms with van der Waals surface area (Å²) in [4.78, 5) is 0. The molecular formula is C14H15BOP. The quantitative estimate of drug-likeness (QED) is 0.592. The van der Waals surface area contributed by atoms with Gasteiger partial charge in [-0.1, -0.05) is 48.5 Å². The Morgan fingerprint density at radius 2 is 1.47 bits per heavy atom. The van der Waals surface area contributed by atoms with E-state index in [-0.39, 0.29) is 16.3 Å². The van der Waals surface area contributed by atoms with Gasteiger partial charge in [0, 0.05) is 13.7 Å². The molecule has 0 saturated heterocycles. The molecule has 85 valence electrons. The van der Waals surface area contributed by atoms with E-state index in [1.54, 1.807) is 7.11 Å². The van der Waals surface area contributed by atoms with Crippen molar-refractivity contribution in [2.75, 3.05) is 13.8 Å². The molecule has 2 aromatic carbocycles. The second-order valence-electron chi connectivity index (χ2n) is 3.57. The molecule has 0 aliphatic rings. The zero-order chi connectivity index (χ0) is 11.4. The molecule has 1 atom stereocenters. The molecule has 0 spiro atoms. The molecule has 0 amide bonds. The maximum atomic E-state index is 5.40. The first kappa shape index (κ1) is 13.8. The van der Waals surface area contributed by atoms with Crippen molar-refractivity contribution in [1.82, 2.24) is 0 Å². The van der Waals surface area contributed by atoms with E-state index in [9.17, 15) is 0 Å². The van der Waals surface area contributed by atoms with Gasteiger partial charge in [-0.3, -0.25) is 0 Å². The van der Waals surface area contributed by atoms with Crippen LogP contribution in [0.15, 0.2) is 54.6 Å². The molecule has 1 unspecified atom stereocenters. The molecule has 0 aliphatic carbocycles. The number of rotatable bonds is 3. The van der Waals surface area contributed by atoms with Gasteiger partial charge in [-0.25, -0.2) is 0 Å². The molecule has 3 radical (unpaired) electrons. The van der Waals surface area contributed by atoms with Crippen LogP contribution in [0.2, 0.25) is 0 Å². The molecule has 0 aliphatic heterocycles. The van der Waals surface area contributed by atoms with Crippen LogP contribution in [0.3, 0.4) is 0 Å². The van der Waals surface area contributed by atoms with E-state index in [0.29, 0.717) is 0 Å². The van der Waals surface area contributed by atoms with Crippen LogP contribution in [0.1, 0.15) is 0 Å². The zero-order valence-corrected chi connectivity index (χ0v) is 11.0. The third-order valence-corrected chi connectivity index (χ3v) is 4.75. The molecular weight excluding hydrogens is 226 g/mol. The highest BCUT2D eigenvalue weighted by Crippen LogP contribution is 2.32. The zero-order valence-electron chi connectivity index (χ0n) is 10.1. The fraction of sp³-hybridized carbons (Fsp3) is 0.143. The maximum Gasteiger partial charge on any atom is 0.126 e. The van der Waals surface area contributed by atoms with Gasteiger partial charge in [0.15, 0.2) is 0 Å². The Balaban J connectivity index is 0.00000144. The van der Waals surface area contributed by atoms with Crippen LogP contribution >= 0.6 is 7.92 Å². The van der Waals surface area contributed by atoms with Gasteiger partial charge in [-0.05, 0) is 26.0 Å². The van der Waals surface area contributed by atoms with Crippen LogP contribution in [-0.2, 0) is 0 Å². The van der Waals surface area contributed by atoms with Crippen LogP contribution in [0.5, 0.6) is 5.75 Å². The van der Waals surface area contributed by atoms with Gasteiger partial charge in [0.1, 0.15) is 5.75 Å². The third-order valence-electron chi connectivity index (χ3n) is 2.59. The Morgan fingerprint density at radius 1 is 0.882 bits per heavy atom. The number of ether oxygens (including phenoxy) is 1. The van der Waals surface area contributed by atoms with Crippen molar-refractivity contribution < 1.29 is 4.74 Å². The smallest absolute Gasteiger partial charge is 0.126 e. The number of para-hydroxylation sites is 1. The van der Waals surface area contributed by atoms with Gasteiger partial charge >= 0.3 is 0 Å². The largest absolute Gasteiger partial charge is 0.496 e. The van der Waals surface area contributed by atoms with E-state index in [4.69, 9.17) is 4.74 Å². The SMILES string of the molecule is COc1ccccc1P(C)c1ccccc1.[B]. The minimum Gasteiger partial charge on any atom is -0.496 e. The highest BCUT2D eigenvalue weighted by Gasteiger charge is 2.11. The summed E-state index contributed by atoms with van der Waals surface area (Å²) in [6, 6.07) is 18.8. The second kappa shape index (κ2) is 6.47. The van der Waals surface area contributed by atoms with Crippen LogP contribution in [0.25, 0.3) is 0 Å². The van der Waals surface area contributed by atoms with E-state index >= 15 is 0 Å². The van der Waals surface area contributed by atoms with Gasteiger partial charge in [-0.15, -0.1) is 0 Å². The van der Waals surface area contributed by atoms with Crippen molar-refractivity contribution in [3.05, 3.63) is 54.6 Å². The molecule has 1 nitrogen and oxygen atoms in total. The summed E-state index contributed by atoms with van der Waals surface area (Å²) in [6.07, 6.45) is 0. The summed E-state index contributed by atoms with van der Waals surface area (Å²) in [5, 5.41) is 2.67. The molecule has 2 rings (SSSR count). The average molecular weight is 241 g/mol. The molecule has 0 bridgehead atoms. The standard InChI is InChI=1S/C14H15OP.B/c1-15-13-10-6-7-11-14(13)16(2)12-8-4-3-5-9-12;/h3-11H,1-2H3;. The minimum absolute atomic E-state index is 0. The lowest BCUT2D eigenvalue weighted by Gasteiger charge is -2.16. The van der Waals surface area contributed by atoms with Crippen molar-refractivity contribution in [3.8, 4) is 5.75 Å². The molecule has 2 aromatic rings. The lowest BCUT2D eigenvalue weighted by molar-refractivity contribution is 0.418. The first-order valence-electron chi connectivity index (χ1n) is 5.24. The Labute approximate surface area is 106 Å². The van der Waals surface area contributed by atoms with Crippen molar-refractivity contribution in [3.63, 3.8) is 0 Å². The molecule has 0 saturated carbocycles. The van der Waals surface area contributed by atoms with Gasteiger partial charge in [0.25, 0.3) is 0 Å². The maximum absolute atomic E-state index is 5.40. The van der Waals surface area contributed by atoms with E-state index in [2.05, 4.69) is 49.1 Å². The molecule has 0 heterocycles. The fourth-order valence-electron chi connectivity index (χ4n) is 1.70. The number of hydrogen-bond acceptors (Lipinski definition) is 1. The van der Waals surface area contributed by atoms with E-state index in [1.165, 1.54) is 10.6 Å². The average Bonchev–Trinajstić information content (AvgIpc) is 2.39. The van der Waals surface area contributed by atoms with Gasteiger partial charge in [0.2, 0.25) is 0 Å². The summed E-state index contributed by atoms with van der Waals surface area (Å²) in [6.45, 7) is 2.27. The molecule has 0 aromatic heterocycles. The second-order valence-corrected chi connectivity index (χ2v) is 5.68. The van der Waals surface area contributed by atoms with Crippen LogP contribution in [-0.4, -0.2) is 22.2 Å². The van der Waals surface area contributed by atoms with Crippen LogP contribution in [0.4, 0.5) is 0 Å². The number of hydrogen-bond donors (Lipinski definition) is 0. The van der Waals surface area contributed by atoms with Crippen molar-refractivity contribution in [2.45, 2.75) is 0 Å². The van der Waals surface area contributed by atoms with E-state index in [0.717, 1.165) is 5.75 Å². The summed E-state index contributed by atoms with van der Waals surface area (Å²) >= 11 is 0. The predicted octanol–water partition coefficient (Wildman–Crippen LogP) is 2.38. The normalized spacial score (nSPS) is 11.4.